The molecule has 0 aliphatic heterocycles. The summed E-state index contributed by atoms with van der Waals surface area (Å²) < 4.78 is 5.42. The maximum atomic E-state index is 5.42. The number of anilines is 1. The first-order valence-corrected chi connectivity index (χ1v) is 6.83. The van der Waals surface area contributed by atoms with E-state index in [1.54, 1.807) is 7.11 Å². The highest BCUT2D eigenvalue weighted by Crippen LogP contribution is 2.28. The molecule has 0 fully saturated rings. The maximum Gasteiger partial charge on any atom is 0.145 e. The summed E-state index contributed by atoms with van der Waals surface area (Å²) in [6.45, 7) is 5.36. The lowest BCUT2D eigenvalue weighted by Gasteiger charge is -2.19. The van der Waals surface area contributed by atoms with Crippen LogP contribution in [0.1, 0.15) is 25.3 Å². The lowest BCUT2D eigenvalue weighted by molar-refractivity contribution is 0.419. The molecule has 2 aromatic rings. The zero-order valence-electron chi connectivity index (χ0n) is 12.2. The van der Waals surface area contributed by atoms with Crippen molar-refractivity contribution in [3.05, 3.63) is 29.8 Å². The summed E-state index contributed by atoms with van der Waals surface area (Å²) in [7, 11) is 3.79. The third kappa shape index (κ3) is 2.80. The van der Waals surface area contributed by atoms with Crippen LogP contribution in [0.5, 0.6) is 5.75 Å². The van der Waals surface area contributed by atoms with Gasteiger partial charge in [-0.1, -0.05) is 25.5 Å². The normalized spacial score (nSPS) is 10.7. The summed E-state index contributed by atoms with van der Waals surface area (Å²) in [5.74, 6) is 1.86. The molecular formula is C16H22N2O. The Kier molecular flexibility index (Phi) is 4.25. The van der Waals surface area contributed by atoms with Gasteiger partial charge in [0.1, 0.15) is 17.1 Å². The Balaban J connectivity index is 2.47. The molecule has 0 saturated heterocycles. The first-order chi connectivity index (χ1) is 9.17. The molecule has 0 saturated carbocycles. The van der Waals surface area contributed by atoms with Gasteiger partial charge in [0.25, 0.3) is 0 Å². The Morgan fingerprint density at radius 1 is 1.32 bits per heavy atom. The molecule has 1 aromatic heterocycles. The topological polar surface area (TPSA) is 25.4 Å². The van der Waals surface area contributed by atoms with Crippen molar-refractivity contribution in [3.8, 4) is 5.75 Å². The molecule has 0 radical (unpaired) electrons. The van der Waals surface area contributed by atoms with E-state index < -0.39 is 0 Å². The van der Waals surface area contributed by atoms with Gasteiger partial charge in [-0.15, -0.1) is 0 Å². The van der Waals surface area contributed by atoms with Crippen molar-refractivity contribution in [2.45, 2.75) is 26.7 Å². The average Bonchev–Trinajstić information content (AvgIpc) is 2.44. The van der Waals surface area contributed by atoms with Crippen LogP contribution < -0.4 is 9.64 Å². The largest absolute Gasteiger partial charge is 0.494 e. The third-order valence-corrected chi connectivity index (χ3v) is 3.45. The number of unbranched alkanes of at least 4 members (excludes halogenated alkanes) is 1. The molecular weight excluding hydrogens is 236 g/mol. The van der Waals surface area contributed by atoms with Crippen molar-refractivity contribution < 1.29 is 4.74 Å². The number of hydrogen-bond acceptors (Lipinski definition) is 3. The number of rotatable bonds is 5. The lowest BCUT2D eigenvalue weighted by atomic mass is 10.1. The maximum absolute atomic E-state index is 5.42. The van der Waals surface area contributed by atoms with Gasteiger partial charge >= 0.3 is 0 Å². The molecule has 3 nitrogen and oxygen atoms in total. The average molecular weight is 258 g/mol. The van der Waals surface area contributed by atoms with Crippen LogP contribution in [-0.2, 0) is 0 Å². The van der Waals surface area contributed by atoms with Gasteiger partial charge in [-0.3, -0.25) is 0 Å². The Morgan fingerprint density at radius 3 is 2.79 bits per heavy atom. The van der Waals surface area contributed by atoms with Crippen LogP contribution >= 0.6 is 0 Å². The summed E-state index contributed by atoms with van der Waals surface area (Å²) in [6, 6.07) is 8.22. The van der Waals surface area contributed by atoms with E-state index in [1.807, 2.05) is 12.1 Å². The Morgan fingerprint density at radius 2 is 2.11 bits per heavy atom. The molecule has 3 heteroatoms. The van der Waals surface area contributed by atoms with E-state index in [0.717, 1.165) is 29.0 Å². The van der Waals surface area contributed by atoms with E-state index in [0.29, 0.717) is 0 Å². The summed E-state index contributed by atoms with van der Waals surface area (Å²) in [5.41, 5.74) is 2.19. The van der Waals surface area contributed by atoms with Crippen LogP contribution in [0, 0.1) is 6.92 Å². The van der Waals surface area contributed by atoms with Gasteiger partial charge in [0.05, 0.1) is 7.11 Å². The van der Waals surface area contributed by atoms with Gasteiger partial charge < -0.3 is 9.64 Å². The van der Waals surface area contributed by atoms with E-state index in [2.05, 4.69) is 37.9 Å². The molecule has 0 spiro atoms. The third-order valence-electron chi connectivity index (χ3n) is 3.45. The number of benzene rings is 1. The molecule has 0 aliphatic carbocycles. The van der Waals surface area contributed by atoms with Crippen LogP contribution in [0.4, 0.5) is 5.82 Å². The molecule has 19 heavy (non-hydrogen) atoms. The molecule has 102 valence electrons. The predicted molar refractivity (Wildman–Crippen MR) is 81.2 cm³/mol. The summed E-state index contributed by atoms with van der Waals surface area (Å²) in [4.78, 5) is 6.97. The molecule has 1 aromatic carbocycles. The fourth-order valence-electron chi connectivity index (χ4n) is 2.24. The van der Waals surface area contributed by atoms with Crippen LogP contribution in [0.25, 0.3) is 10.9 Å². The van der Waals surface area contributed by atoms with E-state index in [4.69, 9.17) is 9.72 Å². The molecule has 0 unspecified atom stereocenters. The number of aryl methyl sites for hydroxylation is 1. The van der Waals surface area contributed by atoms with E-state index in [-0.39, 0.29) is 0 Å². The Labute approximate surface area is 115 Å². The van der Waals surface area contributed by atoms with Crippen molar-refractivity contribution in [2.24, 2.45) is 0 Å². The number of aromatic nitrogens is 1. The smallest absolute Gasteiger partial charge is 0.145 e. The number of pyridine rings is 1. The van der Waals surface area contributed by atoms with E-state index in [1.165, 1.54) is 18.4 Å². The number of ether oxygens (including phenoxy) is 1. The second-order valence-electron chi connectivity index (χ2n) is 4.93. The summed E-state index contributed by atoms with van der Waals surface area (Å²) >= 11 is 0. The first kappa shape index (κ1) is 13.7. The standard InChI is InChI=1S/C16H22N2O/c1-5-6-10-18(3)15-11-12(2)13-8-7-9-14(19-4)16(13)17-15/h7-9,11H,5-6,10H2,1-4H3. The lowest BCUT2D eigenvalue weighted by Crippen LogP contribution is -2.19. The number of para-hydroxylation sites is 1. The van der Waals surface area contributed by atoms with Crippen molar-refractivity contribution >= 4 is 16.7 Å². The van der Waals surface area contributed by atoms with Gasteiger partial charge in [-0.05, 0) is 31.0 Å². The Hall–Kier alpha value is -1.77. The van der Waals surface area contributed by atoms with Crippen LogP contribution in [0.2, 0.25) is 0 Å². The molecule has 2 rings (SSSR count). The minimum atomic E-state index is 0.839. The summed E-state index contributed by atoms with van der Waals surface area (Å²) in [6.07, 6.45) is 2.38. The van der Waals surface area contributed by atoms with E-state index >= 15 is 0 Å². The fourth-order valence-corrected chi connectivity index (χ4v) is 2.24. The first-order valence-electron chi connectivity index (χ1n) is 6.83. The zero-order valence-corrected chi connectivity index (χ0v) is 12.2. The monoisotopic (exact) mass is 258 g/mol. The van der Waals surface area contributed by atoms with Crippen molar-refractivity contribution in [3.63, 3.8) is 0 Å². The van der Waals surface area contributed by atoms with Crippen molar-refractivity contribution in [1.29, 1.82) is 0 Å². The van der Waals surface area contributed by atoms with Gasteiger partial charge in [-0.2, -0.15) is 0 Å². The SMILES string of the molecule is CCCCN(C)c1cc(C)c2cccc(OC)c2n1. The molecule has 1 heterocycles. The predicted octanol–water partition coefficient (Wildman–Crippen LogP) is 3.79. The van der Waals surface area contributed by atoms with Crippen molar-refractivity contribution in [1.82, 2.24) is 4.98 Å². The quantitative estimate of drug-likeness (QED) is 0.816. The molecule has 0 bridgehead atoms. The van der Waals surface area contributed by atoms with Crippen molar-refractivity contribution in [2.75, 3.05) is 25.6 Å². The second-order valence-corrected chi connectivity index (χ2v) is 4.93. The van der Waals surface area contributed by atoms with Crippen LogP contribution in [0.3, 0.4) is 0 Å². The minimum Gasteiger partial charge on any atom is -0.494 e. The Bertz CT molecular complexity index is 566. The van der Waals surface area contributed by atoms with Crippen LogP contribution in [-0.4, -0.2) is 25.7 Å². The van der Waals surface area contributed by atoms with E-state index in [9.17, 15) is 0 Å². The highest BCUT2D eigenvalue weighted by Gasteiger charge is 2.09. The van der Waals surface area contributed by atoms with Gasteiger partial charge in [-0.25, -0.2) is 4.98 Å². The summed E-state index contributed by atoms with van der Waals surface area (Å²) in [5, 5.41) is 1.16. The molecule has 0 atom stereocenters. The number of nitrogens with zero attached hydrogens (tertiary/aromatic N) is 2. The van der Waals surface area contributed by atoms with Gasteiger partial charge in [0.2, 0.25) is 0 Å². The molecule has 0 N–H and O–H groups in total. The van der Waals surface area contributed by atoms with Crippen LogP contribution in [0.15, 0.2) is 24.3 Å². The van der Waals surface area contributed by atoms with Gasteiger partial charge in [0, 0.05) is 19.0 Å². The van der Waals surface area contributed by atoms with Gasteiger partial charge in [0.15, 0.2) is 0 Å². The number of hydrogen-bond donors (Lipinski definition) is 0. The highest BCUT2D eigenvalue weighted by atomic mass is 16.5. The number of fused-ring (bicyclic) bond motifs is 1. The second kappa shape index (κ2) is 5.91. The fraction of sp³-hybridized carbons (Fsp3) is 0.438. The molecule has 0 aliphatic rings. The zero-order chi connectivity index (χ0) is 13.8. The number of methoxy groups -OCH3 is 1. The minimum absolute atomic E-state index is 0.839. The highest BCUT2D eigenvalue weighted by molar-refractivity contribution is 5.88. The molecule has 0 amide bonds.